The Bertz CT molecular complexity index is 525. The van der Waals surface area contributed by atoms with Crippen LogP contribution in [0.25, 0.3) is 0 Å². The van der Waals surface area contributed by atoms with Crippen LogP contribution >= 0.6 is 0 Å². The van der Waals surface area contributed by atoms with E-state index in [-0.39, 0.29) is 11.7 Å². The number of carboxylic acid groups (broad SMARTS) is 1. The van der Waals surface area contributed by atoms with E-state index in [1.807, 2.05) is 13.8 Å². The fraction of sp³-hybridized carbons (Fsp3) is 0.692. The van der Waals surface area contributed by atoms with Crippen LogP contribution in [0.1, 0.15) is 62.4 Å². The van der Waals surface area contributed by atoms with Gasteiger partial charge in [-0.05, 0) is 19.3 Å². The summed E-state index contributed by atoms with van der Waals surface area (Å²) in [5.41, 5.74) is -1.12. The number of carboxylic acids is 1. The number of hydrogen-bond donors (Lipinski definition) is 2. The van der Waals surface area contributed by atoms with Gasteiger partial charge in [0.2, 0.25) is 5.82 Å². The van der Waals surface area contributed by atoms with Gasteiger partial charge in [-0.25, -0.2) is 9.78 Å². The summed E-state index contributed by atoms with van der Waals surface area (Å²) in [7, 11) is 0. The lowest BCUT2D eigenvalue weighted by atomic mass is 9.93. The Morgan fingerprint density at radius 2 is 2.20 bits per heavy atom. The minimum atomic E-state index is -1.12. The van der Waals surface area contributed by atoms with Crippen LogP contribution in [0.2, 0.25) is 0 Å². The van der Waals surface area contributed by atoms with Crippen LogP contribution in [0.3, 0.4) is 0 Å². The molecule has 2 rings (SSSR count). The first-order chi connectivity index (χ1) is 9.42. The third kappa shape index (κ3) is 2.17. The Labute approximate surface area is 117 Å². The third-order valence-corrected chi connectivity index (χ3v) is 3.96. The molecular formula is C13H20N4O3. The molecule has 1 amide bonds. The second-order valence-corrected chi connectivity index (χ2v) is 5.45. The zero-order valence-electron chi connectivity index (χ0n) is 12.0. The number of aromatic nitrogens is 3. The van der Waals surface area contributed by atoms with E-state index in [9.17, 15) is 14.7 Å². The first-order valence-electron chi connectivity index (χ1n) is 6.90. The molecule has 110 valence electrons. The number of hydrogen-bond acceptors (Lipinski definition) is 4. The molecule has 0 aromatic carbocycles. The minimum Gasteiger partial charge on any atom is -0.479 e. The molecular weight excluding hydrogens is 260 g/mol. The predicted octanol–water partition coefficient (Wildman–Crippen LogP) is 1.40. The van der Waals surface area contributed by atoms with Crippen LogP contribution in [-0.2, 0) is 4.79 Å². The van der Waals surface area contributed by atoms with Crippen molar-refractivity contribution in [3.8, 4) is 0 Å². The van der Waals surface area contributed by atoms with E-state index in [1.165, 1.54) is 4.90 Å². The molecule has 20 heavy (non-hydrogen) atoms. The van der Waals surface area contributed by atoms with Gasteiger partial charge in [0.15, 0.2) is 0 Å². The Balaban J connectivity index is 2.29. The maximum Gasteiger partial charge on any atom is 0.329 e. The number of likely N-dealkylation sites (tertiary alicyclic amines) is 1. The lowest BCUT2D eigenvalue weighted by Gasteiger charge is -2.33. The summed E-state index contributed by atoms with van der Waals surface area (Å²) in [5.74, 6) is -0.543. The van der Waals surface area contributed by atoms with E-state index in [0.29, 0.717) is 31.6 Å². The molecule has 1 fully saturated rings. The van der Waals surface area contributed by atoms with E-state index < -0.39 is 17.4 Å². The van der Waals surface area contributed by atoms with Crippen LogP contribution in [-0.4, -0.2) is 49.1 Å². The summed E-state index contributed by atoms with van der Waals surface area (Å²) in [6.45, 7) is 6.11. The van der Waals surface area contributed by atoms with E-state index in [1.54, 1.807) is 6.92 Å². The van der Waals surface area contributed by atoms with Crippen molar-refractivity contribution in [2.75, 3.05) is 6.54 Å². The highest BCUT2D eigenvalue weighted by Crippen LogP contribution is 2.33. The molecule has 1 aromatic rings. The van der Waals surface area contributed by atoms with Crippen LogP contribution in [0, 0.1) is 0 Å². The molecule has 7 heteroatoms. The number of H-pyrrole nitrogens is 1. The van der Waals surface area contributed by atoms with Gasteiger partial charge in [-0.2, -0.15) is 0 Å². The topological polar surface area (TPSA) is 99.2 Å². The van der Waals surface area contributed by atoms with Gasteiger partial charge in [-0.15, -0.1) is 5.10 Å². The maximum atomic E-state index is 12.5. The molecule has 0 saturated carbocycles. The number of aromatic amines is 1. The van der Waals surface area contributed by atoms with Gasteiger partial charge >= 0.3 is 5.97 Å². The number of nitrogens with one attached hydrogen (secondary N) is 1. The SMILES string of the molecule is CCC1(C(=O)O)CCCN1C(=O)c1n[nH]c(C(C)C)n1. The molecule has 1 aromatic heterocycles. The first-order valence-corrected chi connectivity index (χ1v) is 6.90. The molecule has 0 aliphatic carbocycles. The molecule has 1 unspecified atom stereocenters. The van der Waals surface area contributed by atoms with Crippen molar-refractivity contribution in [2.24, 2.45) is 0 Å². The number of rotatable bonds is 4. The van der Waals surface area contributed by atoms with Gasteiger partial charge in [0.05, 0.1) is 0 Å². The monoisotopic (exact) mass is 280 g/mol. The quantitative estimate of drug-likeness (QED) is 0.868. The molecule has 1 atom stereocenters. The van der Waals surface area contributed by atoms with Crippen LogP contribution in [0.5, 0.6) is 0 Å². The molecule has 0 spiro atoms. The smallest absolute Gasteiger partial charge is 0.329 e. The fourth-order valence-electron chi connectivity index (χ4n) is 2.66. The van der Waals surface area contributed by atoms with Gasteiger partial charge in [-0.3, -0.25) is 9.89 Å². The van der Waals surface area contributed by atoms with E-state index in [4.69, 9.17) is 0 Å². The number of aliphatic carboxylic acids is 1. The summed E-state index contributed by atoms with van der Waals surface area (Å²) in [6.07, 6.45) is 1.55. The van der Waals surface area contributed by atoms with Crippen LogP contribution in [0.15, 0.2) is 0 Å². The van der Waals surface area contributed by atoms with Crippen molar-refractivity contribution in [1.29, 1.82) is 0 Å². The first kappa shape index (κ1) is 14.5. The van der Waals surface area contributed by atoms with Crippen molar-refractivity contribution in [3.63, 3.8) is 0 Å². The summed E-state index contributed by atoms with van der Waals surface area (Å²) in [4.78, 5) is 29.6. The van der Waals surface area contributed by atoms with Crippen molar-refractivity contribution < 1.29 is 14.7 Å². The fourth-order valence-corrected chi connectivity index (χ4v) is 2.66. The number of carbonyl (C=O) groups is 2. The standard InChI is InChI=1S/C13H20N4O3/c1-4-13(12(19)20)6-5-7-17(13)11(18)10-14-9(8(2)3)15-16-10/h8H,4-7H2,1-3H3,(H,19,20)(H,14,15,16). The molecule has 2 heterocycles. The molecule has 1 saturated heterocycles. The zero-order chi connectivity index (χ0) is 14.9. The molecule has 2 N–H and O–H groups in total. The number of nitrogens with zero attached hydrogens (tertiary/aromatic N) is 3. The normalized spacial score (nSPS) is 22.5. The van der Waals surface area contributed by atoms with Crippen molar-refractivity contribution in [3.05, 3.63) is 11.6 Å². The Morgan fingerprint density at radius 3 is 2.70 bits per heavy atom. The summed E-state index contributed by atoms with van der Waals surface area (Å²) < 4.78 is 0. The van der Waals surface area contributed by atoms with E-state index in [2.05, 4.69) is 15.2 Å². The van der Waals surface area contributed by atoms with E-state index in [0.717, 1.165) is 0 Å². The third-order valence-electron chi connectivity index (χ3n) is 3.96. The molecule has 0 bridgehead atoms. The Morgan fingerprint density at radius 1 is 1.50 bits per heavy atom. The Hall–Kier alpha value is -1.92. The molecule has 7 nitrogen and oxygen atoms in total. The van der Waals surface area contributed by atoms with Crippen LogP contribution in [0.4, 0.5) is 0 Å². The largest absolute Gasteiger partial charge is 0.479 e. The van der Waals surface area contributed by atoms with Crippen LogP contribution < -0.4 is 0 Å². The lowest BCUT2D eigenvalue weighted by molar-refractivity contribution is -0.148. The predicted molar refractivity (Wildman–Crippen MR) is 71.4 cm³/mol. The summed E-state index contributed by atoms with van der Waals surface area (Å²) in [5, 5.41) is 16.1. The highest BCUT2D eigenvalue weighted by molar-refractivity contribution is 5.95. The zero-order valence-corrected chi connectivity index (χ0v) is 12.0. The lowest BCUT2D eigenvalue weighted by Crippen LogP contribution is -2.52. The highest BCUT2D eigenvalue weighted by atomic mass is 16.4. The Kier molecular flexibility index (Phi) is 3.78. The van der Waals surface area contributed by atoms with E-state index >= 15 is 0 Å². The molecule has 0 radical (unpaired) electrons. The maximum absolute atomic E-state index is 12.5. The number of amides is 1. The average Bonchev–Trinajstić information content (AvgIpc) is 3.05. The second-order valence-electron chi connectivity index (χ2n) is 5.45. The minimum absolute atomic E-state index is 0.0506. The van der Waals surface area contributed by atoms with Gasteiger partial charge in [-0.1, -0.05) is 20.8 Å². The van der Waals surface area contributed by atoms with Crippen molar-refractivity contribution in [2.45, 2.75) is 51.5 Å². The van der Waals surface area contributed by atoms with Gasteiger partial charge in [0, 0.05) is 12.5 Å². The number of carbonyl (C=O) groups excluding carboxylic acids is 1. The van der Waals surface area contributed by atoms with Gasteiger partial charge in [0.1, 0.15) is 11.4 Å². The van der Waals surface area contributed by atoms with Crippen molar-refractivity contribution >= 4 is 11.9 Å². The highest BCUT2D eigenvalue weighted by Gasteiger charge is 2.49. The van der Waals surface area contributed by atoms with Gasteiger partial charge < -0.3 is 10.0 Å². The second kappa shape index (κ2) is 5.22. The molecule has 1 aliphatic heterocycles. The summed E-state index contributed by atoms with van der Waals surface area (Å²) >= 11 is 0. The molecule has 1 aliphatic rings. The van der Waals surface area contributed by atoms with Gasteiger partial charge in [0.25, 0.3) is 5.91 Å². The average molecular weight is 280 g/mol. The van der Waals surface area contributed by atoms with Crippen molar-refractivity contribution in [1.82, 2.24) is 20.1 Å². The summed E-state index contributed by atoms with van der Waals surface area (Å²) in [6, 6.07) is 0.